The van der Waals surface area contributed by atoms with Crippen molar-refractivity contribution in [1.29, 1.82) is 0 Å². The summed E-state index contributed by atoms with van der Waals surface area (Å²) in [5.41, 5.74) is 1.10. The SMILES string of the molecule is C=C1Cc2cccc(C(=O)O)c2O1. The van der Waals surface area contributed by atoms with Gasteiger partial charge in [-0.1, -0.05) is 18.7 Å². The average molecular weight is 176 g/mol. The minimum atomic E-state index is -0.966. The van der Waals surface area contributed by atoms with Gasteiger partial charge in [0.05, 0.1) is 0 Å². The monoisotopic (exact) mass is 176 g/mol. The Hall–Kier alpha value is -1.77. The number of hydrogen-bond donors (Lipinski definition) is 1. The highest BCUT2D eigenvalue weighted by molar-refractivity contribution is 5.91. The molecule has 3 nitrogen and oxygen atoms in total. The number of carboxylic acid groups (broad SMARTS) is 1. The first-order valence-corrected chi connectivity index (χ1v) is 3.89. The predicted molar refractivity (Wildman–Crippen MR) is 46.9 cm³/mol. The third-order valence-electron chi connectivity index (χ3n) is 1.96. The highest BCUT2D eigenvalue weighted by Crippen LogP contribution is 2.33. The summed E-state index contributed by atoms with van der Waals surface area (Å²) >= 11 is 0. The molecule has 0 saturated heterocycles. The zero-order valence-electron chi connectivity index (χ0n) is 6.91. The highest BCUT2D eigenvalue weighted by Gasteiger charge is 2.22. The summed E-state index contributed by atoms with van der Waals surface area (Å²) in [7, 11) is 0. The predicted octanol–water partition coefficient (Wildman–Crippen LogP) is 1.83. The maximum atomic E-state index is 10.8. The largest absolute Gasteiger partial charge is 0.478 e. The van der Waals surface area contributed by atoms with Crippen molar-refractivity contribution in [3.63, 3.8) is 0 Å². The summed E-state index contributed by atoms with van der Waals surface area (Å²) in [6.07, 6.45) is 0.608. The summed E-state index contributed by atoms with van der Waals surface area (Å²) in [6, 6.07) is 5.09. The Kier molecular flexibility index (Phi) is 1.59. The zero-order chi connectivity index (χ0) is 9.42. The molecule has 0 saturated carbocycles. The van der Waals surface area contributed by atoms with Crippen molar-refractivity contribution in [3.8, 4) is 5.75 Å². The van der Waals surface area contributed by atoms with Crippen molar-refractivity contribution in [1.82, 2.24) is 0 Å². The van der Waals surface area contributed by atoms with Gasteiger partial charge in [0.2, 0.25) is 0 Å². The maximum Gasteiger partial charge on any atom is 0.339 e. The van der Waals surface area contributed by atoms with Gasteiger partial charge in [0, 0.05) is 12.0 Å². The summed E-state index contributed by atoms with van der Waals surface area (Å²) in [5.74, 6) is 0.0789. The number of carboxylic acids is 1. The lowest BCUT2D eigenvalue weighted by molar-refractivity contribution is 0.0694. The fraction of sp³-hybridized carbons (Fsp3) is 0.100. The molecule has 66 valence electrons. The molecule has 1 aromatic carbocycles. The first-order valence-electron chi connectivity index (χ1n) is 3.89. The summed E-state index contributed by atoms with van der Waals surface area (Å²) < 4.78 is 5.22. The smallest absolute Gasteiger partial charge is 0.339 e. The van der Waals surface area contributed by atoms with E-state index in [0.29, 0.717) is 17.9 Å². The molecule has 0 aromatic heterocycles. The molecule has 0 radical (unpaired) electrons. The molecule has 2 rings (SSSR count). The maximum absolute atomic E-state index is 10.8. The van der Waals surface area contributed by atoms with E-state index in [1.54, 1.807) is 6.07 Å². The lowest BCUT2D eigenvalue weighted by Gasteiger charge is -2.01. The highest BCUT2D eigenvalue weighted by atomic mass is 16.5. The van der Waals surface area contributed by atoms with Crippen LogP contribution in [0.1, 0.15) is 15.9 Å². The van der Waals surface area contributed by atoms with Crippen LogP contribution in [0.15, 0.2) is 30.5 Å². The number of aromatic carboxylic acids is 1. The number of hydrogen-bond acceptors (Lipinski definition) is 2. The van der Waals surface area contributed by atoms with E-state index in [-0.39, 0.29) is 5.56 Å². The van der Waals surface area contributed by atoms with Gasteiger partial charge in [-0.25, -0.2) is 4.79 Å². The van der Waals surface area contributed by atoms with E-state index in [1.807, 2.05) is 6.07 Å². The minimum absolute atomic E-state index is 0.205. The lowest BCUT2D eigenvalue weighted by Crippen LogP contribution is -1.98. The fourth-order valence-corrected chi connectivity index (χ4v) is 1.41. The molecule has 0 amide bonds. The van der Waals surface area contributed by atoms with Crippen LogP contribution in [0.25, 0.3) is 0 Å². The van der Waals surface area contributed by atoms with Crippen LogP contribution in [0.4, 0.5) is 0 Å². The van der Waals surface area contributed by atoms with E-state index in [9.17, 15) is 4.79 Å². The van der Waals surface area contributed by atoms with Crippen LogP contribution >= 0.6 is 0 Å². The van der Waals surface area contributed by atoms with Crippen molar-refractivity contribution in [2.45, 2.75) is 6.42 Å². The van der Waals surface area contributed by atoms with E-state index in [2.05, 4.69) is 6.58 Å². The second kappa shape index (κ2) is 2.62. The molecule has 1 aliphatic rings. The Balaban J connectivity index is 2.57. The summed E-state index contributed by atoms with van der Waals surface area (Å²) in [6.45, 7) is 3.65. The number of ether oxygens (including phenoxy) is 1. The quantitative estimate of drug-likeness (QED) is 0.710. The van der Waals surface area contributed by atoms with Crippen LogP contribution in [0.5, 0.6) is 5.75 Å². The van der Waals surface area contributed by atoms with Crippen LogP contribution in [0.2, 0.25) is 0 Å². The first-order chi connectivity index (χ1) is 6.18. The molecular weight excluding hydrogens is 168 g/mol. The van der Waals surface area contributed by atoms with E-state index in [1.165, 1.54) is 6.07 Å². The molecule has 1 aliphatic heterocycles. The number of fused-ring (bicyclic) bond motifs is 1. The van der Waals surface area contributed by atoms with Crippen molar-refractivity contribution >= 4 is 5.97 Å². The third kappa shape index (κ3) is 1.18. The van der Waals surface area contributed by atoms with Crippen molar-refractivity contribution in [2.75, 3.05) is 0 Å². The van der Waals surface area contributed by atoms with Crippen molar-refractivity contribution in [3.05, 3.63) is 41.7 Å². The molecule has 3 heteroatoms. The van der Waals surface area contributed by atoms with Crippen LogP contribution in [-0.2, 0) is 6.42 Å². The normalized spacial score (nSPS) is 13.7. The second-order valence-electron chi connectivity index (χ2n) is 2.92. The van der Waals surface area contributed by atoms with Gasteiger partial charge in [0.1, 0.15) is 17.1 Å². The van der Waals surface area contributed by atoms with E-state index < -0.39 is 5.97 Å². The van der Waals surface area contributed by atoms with Gasteiger partial charge in [-0.2, -0.15) is 0 Å². The molecule has 0 bridgehead atoms. The van der Waals surface area contributed by atoms with Gasteiger partial charge in [0.25, 0.3) is 0 Å². The van der Waals surface area contributed by atoms with Crippen molar-refractivity contribution < 1.29 is 14.6 Å². The van der Waals surface area contributed by atoms with Gasteiger partial charge >= 0.3 is 5.97 Å². The molecular formula is C10H8O3. The van der Waals surface area contributed by atoms with Gasteiger partial charge in [0.15, 0.2) is 0 Å². The Bertz CT molecular complexity index is 393. The van der Waals surface area contributed by atoms with E-state index in [0.717, 1.165) is 5.56 Å². The van der Waals surface area contributed by atoms with Gasteiger partial charge in [-0.05, 0) is 6.07 Å². The van der Waals surface area contributed by atoms with Crippen molar-refractivity contribution in [2.24, 2.45) is 0 Å². The lowest BCUT2D eigenvalue weighted by atomic mass is 10.1. The molecule has 1 N–H and O–H groups in total. The van der Waals surface area contributed by atoms with Crippen LogP contribution in [0, 0.1) is 0 Å². The minimum Gasteiger partial charge on any atom is -0.478 e. The molecule has 0 aliphatic carbocycles. The average Bonchev–Trinajstić information content (AvgIpc) is 2.43. The molecule has 0 unspecified atom stereocenters. The fourth-order valence-electron chi connectivity index (χ4n) is 1.41. The van der Waals surface area contributed by atoms with Crippen LogP contribution < -0.4 is 4.74 Å². The van der Waals surface area contributed by atoms with Crippen LogP contribution in [0.3, 0.4) is 0 Å². The number of allylic oxidation sites excluding steroid dienone is 1. The second-order valence-corrected chi connectivity index (χ2v) is 2.92. The Morgan fingerprint density at radius 3 is 3.00 bits per heavy atom. The molecule has 0 atom stereocenters. The van der Waals surface area contributed by atoms with Gasteiger partial charge in [-0.3, -0.25) is 0 Å². The zero-order valence-corrected chi connectivity index (χ0v) is 6.91. The third-order valence-corrected chi connectivity index (χ3v) is 1.96. The van der Waals surface area contributed by atoms with Gasteiger partial charge < -0.3 is 9.84 Å². The Morgan fingerprint density at radius 1 is 1.54 bits per heavy atom. The Morgan fingerprint density at radius 2 is 2.31 bits per heavy atom. The molecule has 0 fully saturated rings. The first kappa shape index (κ1) is 7.86. The number of rotatable bonds is 1. The molecule has 1 heterocycles. The topological polar surface area (TPSA) is 46.5 Å². The summed E-state index contributed by atoms with van der Waals surface area (Å²) in [4.78, 5) is 10.8. The molecule has 0 spiro atoms. The van der Waals surface area contributed by atoms with Gasteiger partial charge in [-0.15, -0.1) is 0 Å². The molecule has 13 heavy (non-hydrogen) atoms. The van der Waals surface area contributed by atoms with E-state index >= 15 is 0 Å². The standard InChI is InChI=1S/C10H8O3/c1-6-5-7-3-2-4-8(10(11)12)9(7)13-6/h2-4H,1,5H2,(H,11,12). The van der Waals surface area contributed by atoms with Crippen LogP contribution in [-0.4, -0.2) is 11.1 Å². The molecule has 1 aromatic rings. The Labute approximate surface area is 75.3 Å². The number of carbonyl (C=O) groups is 1. The summed E-state index contributed by atoms with van der Waals surface area (Å²) in [5, 5.41) is 8.83. The number of benzene rings is 1. The van der Waals surface area contributed by atoms with E-state index in [4.69, 9.17) is 9.84 Å². The number of para-hydroxylation sites is 1.